The lowest BCUT2D eigenvalue weighted by molar-refractivity contribution is 0.0862. The van der Waals surface area contributed by atoms with E-state index < -0.39 is 0 Å². The fraction of sp³-hybridized carbons (Fsp3) is 0.417. The molecule has 0 spiro atoms. The fourth-order valence-corrected chi connectivity index (χ4v) is 3.93. The van der Waals surface area contributed by atoms with E-state index in [1.807, 2.05) is 0 Å². The molecule has 0 radical (unpaired) electrons. The van der Waals surface area contributed by atoms with Crippen LogP contribution in [0.1, 0.15) is 46.4 Å². The van der Waals surface area contributed by atoms with Gasteiger partial charge in [-0.15, -0.1) is 0 Å². The highest BCUT2D eigenvalue weighted by atomic mass is 16.5. The van der Waals surface area contributed by atoms with Crippen LogP contribution in [-0.2, 0) is 0 Å². The highest BCUT2D eigenvalue weighted by Gasteiger charge is 2.29. The Hall–Kier alpha value is -3.42. The van der Waals surface area contributed by atoms with E-state index in [2.05, 4.69) is 10.6 Å². The molecule has 0 aliphatic heterocycles. The van der Waals surface area contributed by atoms with Crippen LogP contribution in [0, 0.1) is 0 Å². The summed E-state index contributed by atoms with van der Waals surface area (Å²) in [5, 5.41) is 6.15. The van der Waals surface area contributed by atoms with E-state index in [4.69, 9.17) is 18.9 Å². The van der Waals surface area contributed by atoms with Gasteiger partial charge in [0.25, 0.3) is 11.8 Å². The van der Waals surface area contributed by atoms with Gasteiger partial charge in [-0.3, -0.25) is 9.59 Å². The van der Waals surface area contributed by atoms with E-state index in [1.165, 1.54) is 14.2 Å². The predicted octanol–water partition coefficient (Wildman–Crippen LogP) is 3.19. The van der Waals surface area contributed by atoms with E-state index in [0.29, 0.717) is 34.1 Å². The first-order valence-corrected chi connectivity index (χ1v) is 10.6. The summed E-state index contributed by atoms with van der Waals surface area (Å²) in [4.78, 5) is 25.8. The zero-order valence-electron chi connectivity index (χ0n) is 18.9. The Balaban J connectivity index is 1.71. The number of hydrogen-bond donors (Lipinski definition) is 2. The third-order valence-corrected chi connectivity index (χ3v) is 5.69. The van der Waals surface area contributed by atoms with E-state index in [-0.39, 0.29) is 23.9 Å². The molecule has 3 rings (SSSR count). The van der Waals surface area contributed by atoms with Crippen molar-refractivity contribution in [2.45, 2.75) is 37.8 Å². The van der Waals surface area contributed by atoms with Crippen molar-refractivity contribution < 1.29 is 28.5 Å². The summed E-state index contributed by atoms with van der Waals surface area (Å²) in [7, 11) is 6.15. The summed E-state index contributed by atoms with van der Waals surface area (Å²) < 4.78 is 21.1. The minimum absolute atomic E-state index is 0.173. The van der Waals surface area contributed by atoms with Gasteiger partial charge in [0.05, 0.1) is 28.4 Å². The SMILES string of the molecule is COc1ccc(C(=O)NC2CCCCC2NC(=O)c2ccc(OC)c(OC)c2)cc1OC. The summed E-state index contributed by atoms with van der Waals surface area (Å²) in [5.74, 6) is 1.65. The Morgan fingerprint density at radius 2 is 1.03 bits per heavy atom. The smallest absolute Gasteiger partial charge is 0.251 e. The van der Waals surface area contributed by atoms with Crippen molar-refractivity contribution in [2.75, 3.05) is 28.4 Å². The summed E-state index contributed by atoms with van der Waals surface area (Å²) in [6.07, 6.45) is 3.55. The second-order valence-electron chi connectivity index (χ2n) is 7.58. The van der Waals surface area contributed by atoms with Crippen molar-refractivity contribution in [1.29, 1.82) is 0 Å². The molecule has 2 atom stereocenters. The Bertz CT molecular complexity index is 884. The molecule has 1 saturated carbocycles. The van der Waals surface area contributed by atoms with Gasteiger partial charge in [0.2, 0.25) is 0 Å². The molecular formula is C24H30N2O6. The van der Waals surface area contributed by atoms with Gasteiger partial charge in [0.15, 0.2) is 23.0 Å². The monoisotopic (exact) mass is 442 g/mol. The zero-order chi connectivity index (χ0) is 23.1. The van der Waals surface area contributed by atoms with Crippen LogP contribution in [0.4, 0.5) is 0 Å². The molecule has 2 amide bonds. The lowest BCUT2D eigenvalue weighted by Gasteiger charge is -2.33. The third kappa shape index (κ3) is 5.25. The molecule has 172 valence electrons. The van der Waals surface area contributed by atoms with Crippen LogP contribution >= 0.6 is 0 Å². The lowest BCUT2D eigenvalue weighted by atomic mass is 9.89. The van der Waals surface area contributed by atoms with E-state index in [0.717, 1.165) is 25.7 Å². The molecule has 0 heterocycles. The number of amides is 2. The molecule has 0 saturated heterocycles. The molecule has 2 aromatic carbocycles. The fourth-order valence-electron chi connectivity index (χ4n) is 3.93. The minimum Gasteiger partial charge on any atom is -0.493 e. The molecule has 8 nitrogen and oxygen atoms in total. The van der Waals surface area contributed by atoms with Crippen LogP contribution in [0.25, 0.3) is 0 Å². The van der Waals surface area contributed by atoms with Gasteiger partial charge in [-0.1, -0.05) is 12.8 Å². The van der Waals surface area contributed by atoms with Crippen molar-refractivity contribution in [3.63, 3.8) is 0 Å². The van der Waals surface area contributed by atoms with Gasteiger partial charge in [0, 0.05) is 23.2 Å². The van der Waals surface area contributed by atoms with Crippen LogP contribution < -0.4 is 29.6 Å². The average molecular weight is 443 g/mol. The van der Waals surface area contributed by atoms with Crippen LogP contribution in [0.15, 0.2) is 36.4 Å². The average Bonchev–Trinajstić information content (AvgIpc) is 2.84. The molecule has 2 N–H and O–H groups in total. The number of rotatable bonds is 8. The van der Waals surface area contributed by atoms with Crippen molar-refractivity contribution in [3.8, 4) is 23.0 Å². The van der Waals surface area contributed by atoms with Crippen LogP contribution in [0.2, 0.25) is 0 Å². The van der Waals surface area contributed by atoms with E-state index in [9.17, 15) is 9.59 Å². The Labute approximate surface area is 188 Å². The molecule has 1 fully saturated rings. The van der Waals surface area contributed by atoms with Gasteiger partial charge in [0.1, 0.15) is 0 Å². The molecule has 2 unspecified atom stereocenters. The highest BCUT2D eigenvalue weighted by molar-refractivity contribution is 5.96. The van der Waals surface area contributed by atoms with Crippen molar-refractivity contribution in [2.24, 2.45) is 0 Å². The third-order valence-electron chi connectivity index (χ3n) is 5.69. The van der Waals surface area contributed by atoms with Crippen molar-refractivity contribution >= 4 is 11.8 Å². The number of carbonyl (C=O) groups is 2. The number of carbonyl (C=O) groups excluding carboxylic acids is 2. The van der Waals surface area contributed by atoms with Gasteiger partial charge in [-0.05, 0) is 49.2 Å². The van der Waals surface area contributed by atoms with Crippen LogP contribution in [0.5, 0.6) is 23.0 Å². The topological polar surface area (TPSA) is 95.1 Å². The minimum atomic E-state index is -0.219. The Kier molecular flexibility index (Phi) is 7.81. The zero-order valence-corrected chi connectivity index (χ0v) is 18.9. The lowest BCUT2D eigenvalue weighted by Crippen LogP contribution is -2.53. The van der Waals surface area contributed by atoms with Gasteiger partial charge < -0.3 is 29.6 Å². The molecule has 2 aromatic rings. The van der Waals surface area contributed by atoms with Gasteiger partial charge >= 0.3 is 0 Å². The standard InChI is InChI=1S/C24H30N2O6/c1-29-19-11-9-15(13-21(19)31-3)23(27)25-17-7-5-6-8-18(17)26-24(28)16-10-12-20(30-2)22(14-16)32-4/h9-14,17-18H,5-8H2,1-4H3,(H,25,27)(H,26,28). The maximum absolute atomic E-state index is 12.9. The molecule has 0 bridgehead atoms. The second kappa shape index (κ2) is 10.7. The summed E-state index contributed by atoms with van der Waals surface area (Å²) in [5.41, 5.74) is 0.941. The first kappa shape index (κ1) is 23.2. The van der Waals surface area contributed by atoms with Gasteiger partial charge in [-0.2, -0.15) is 0 Å². The molecule has 1 aliphatic carbocycles. The van der Waals surface area contributed by atoms with Crippen molar-refractivity contribution in [3.05, 3.63) is 47.5 Å². The first-order valence-electron chi connectivity index (χ1n) is 10.6. The maximum atomic E-state index is 12.9. The van der Waals surface area contributed by atoms with E-state index in [1.54, 1.807) is 50.6 Å². The molecule has 0 aromatic heterocycles. The number of benzene rings is 2. The number of nitrogens with one attached hydrogen (secondary N) is 2. The largest absolute Gasteiger partial charge is 0.493 e. The predicted molar refractivity (Wildman–Crippen MR) is 120 cm³/mol. The first-order chi connectivity index (χ1) is 15.5. The van der Waals surface area contributed by atoms with Gasteiger partial charge in [-0.25, -0.2) is 0 Å². The molecular weight excluding hydrogens is 412 g/mol. The van der Waals surface area contributed by atoms with E-state index >= 15 is 0 Å². The Morgan fingerprint density at radius 1 is 0.656 bits per heavy atom. The summed E-state index contributed by atoms with van der Waals surface area (Å²) in [6.45, 7) is 0. The molecule has 32 heavy (non-hydrogen) atoms. The Morgan fingerprint density at radius 3 is 1.38 bits per heavy atom. The number of hydrogen-bond acceptors (Lipinski definition) is 6. The van der Waals surface area contributed by atoms with Crippen LogP contribution in [0.3, 0.4) is 0 Å². The quantitative estimate of drug-likeness (QED) is 0.652. The maximum Gasteiger partial charge on any atom is 0.251 e. The molecule has 1 aliphatic rings. The highest BCUT2D eigenvalue weighted by Crippen LogP contribution is 2.29. The normalized spacial score (nSPS) is 17.8. The van der Waals surface area contributed by atoms with Crippen molar-refractivity contribution in [1.82, 2.24) is 10.6 Å². The summed E-state index contributed by atoms with van der Waals surface area (Å²) >= 11 is 0. The number of ether oxygens (including phenoxy) is 4. The molecule has 8 heteroatoms. The second-order valence-corrected chi connectivity index (χ2v) is 7.58. The number of methoxy groups -OCH3 is 4. The summed E-state index contributed by atoms with van der Waals surface area (Å²) in [6, 6.07) is 9.73. The van der Waals surface area contributed by atoms with Crippen LogP contribution in [-0.4, -0.2) is 52.3 Å².